The van der Waals surface area contributed by atoms with Crippen molar-refractivity contribution in [1.29, 1.82) is 0 Å². The predicted molar refractivity (Wildman–Crippen MR) is 132 cm³/mol. The fourth-order valence-corrected chi connectivity index (χ4v) is 3.86. The van der Waals surface area contributed by atoms with Crippen molar-refractivity contribution in [3.05, 3.63) is 95.2 Å². The largest absolute Gasteiger partial charge is 0.491 e. The first kappa shape index (κ1) is 22.3. The highest BCUT2D eigenvalue weighted by Crippen LogP contribution is 2.34. The first-order valence-corrected chi connectivity index (χ1v) is 11.2. The first-order valence-electron chi connectivity index (χ1n) is 11.2. The summed E-state index contributed by atoms with van der Waals surface area (Å²) >= 11 is 0. The molecule has 0 aromatic heterocycles. The molecule has 5 heteroatoms. The number of carbonyl (C=O) groups is 2. The second kappa shape index (κ2) is 9.33. The summed E-state index contributed by atoms with van der Waals surface area (Å²) in [5, 5.41) is 3.22. The highest BCUT2D eigenvalue weighted by Gasteiger charge is 2.40. The molecule has 0 saturated heterocycles. The second-order valence-corrected chi connectivity index (χ2v) is 8.40. The van der Waals surface area contributed by atoms with Gasteiger partial charge in [-0.15, -0.1) is 0 Å². The van der Waals surface area contributed by atoms with Gasteiger partial charge in [0.2, 0.25) is 0 Å². The van der Waals surface area contributed by atoms with E-state index in [9.17, 15) is 9.59 Å². The number of carbonyl (C=O) groups excluding carboxylic acids is 2. The van der Waals surface area contributed by atoms with E-state index in [4.69, 9.17) is 4.74 Å². The molecule has 1 aliphatic rings. The molecular weight excluding hydrogens is 412 g/mol. The molecule has 1 N–H and O–H groups in total. The minimum absolute atomic E-state index is 0.0462. The molecule has 0 atom stereocenters. The average molecular weight is 441 g/mol. The van der Waals surface area contributed by atoms with Gasteiger partial charge < -0.3 is 10.1 Å². The molecule has 3 aromatic rings. The van der Waals surface area contributed by atoms with Crippen molar-refractivity contribution in [2.45, 2.75) is 40.2 Å². The fourth-order valence-electron chi connectivity index (χ4n) is 3.86. The highest BCUT2D eigenvalue weighted by molar-refractivity contribution is 6.46. The van der Waals surface area contributed by atoms with Gasteiger partial charge in [-0.3, -0.25) is 9.59 Å². The van der Waals surface area contributed by atoms with Gasteiger partial charge in [-0.25, -0.2) is 4.90 Å². The number of aryl methyl sites for hydroxylation is 2. The van der Waals surface area contributed by atoms with Crippen LogP contribution in [0.25, 0.3) is 5.57 Å². The zero-order valence-electron chi connectivity index (χ0n) is 19.4. The Balaban J connectivity index is 1.76. The Bertz CT molecular complexity index is 1210. The molecule has 5 nitrogen and oxygen atoms in total. The molecule has 0 radical (unpaired) electrons. The van der Waals surface area contributed by atoms with Gasteiger partial charge in [-0.2, -0.15) is 0 Å². The van der Waals surface area contributed by atoms with Crippen molar-refractivity contribution in [3.8, 4) is 5.75 Å². The van der Waals surface area contributed by atoms with Crippen molar-refractivity contribution in [3.63, 3.8) is 0 Å². The van der Waals surface area contributed by atoms with Crippen LogP contribution in [0.1, 0.15) is 37.5 Å². The summed E-state index contributed by atoms with van der Waals surface area (Å²) < 4.78 is 5.73. The van der Waals surface area contributed by atoms with Gasteiger partial charge in [0, 0.05) is 5.69 Å². The maximum absolute atomic E-state index is 13.6. The van der Waals surface area contributed by atoms with Crippen molar-refractivity contribution in [2.75, 3.05) is 10.2 Å². The Morgan fingerprint density at radius 1 is 0.909 bits per heavy atom. The van der Waals surface area contributed by atoms with Gasteiger partial charge in [0.15, 0.2) is 0 Å². The number of hydrogen-bond acceptors (Lipinski definition) is 4. The average Bonchev–Trinajstić information content (AvgIpc) is 3.04. The third-order valence-electron chi connectivity index (χ3n) is 5.49. The van der Waals surface area contributed by atoms with Crippen LogP contribution in [0.5, 0.6) is 5.75 Å². The van der Waals surface area contributed by atoms with Gasteiger partial charge in [0.25, 0.3) is 11.8 Å². The van der Waals surface area contributed by atoms with Crippen LogP contribution in [0.15, 0.2) is 78.5 Å². The highest BCUT2D eigenvalue weighted by atomic mass is 16.5. The van der Waals surface area contributed by atoms with Crippen LogP contribution in [-0.4, -0.2) is 17.9 Å². The second-order valence-electron chi connectivity index (χ2n) is 8.40. The molecule has 1 aliphatic heterocycles. The van der Waals surface area contributed by atoms with E-state index in [0.29, 0.717) is 22.6 Å². The summed E-state index contributed by atoms with van der Waals surface area (Å²) in [6, 6.07) is 22.6. The van der Waals surface area contributed by atoms with Crippen molar-refractivity contribution < 1.29 is 14.3 Å². The lowest BCUT2D eigenvalue weighted by Crippen LogP contribution is -2.32. The number of imide groups is 1. The predicted octanol–water partition coefficient (Wildman–Crippen LogP) is 5.74. The number of amides is 2. The number of anilines is 2. The van der Waals surface area contributed by atoms with Gasteiger partial charge in [0.05, 0.1) is 17.4 Å². The smallest absolute Gasteiger partial charge is 0.282 e. The Hall–Kier alpha value is -3.86. The van der Waals surface area contributed by atoms with E-state index in [-0.39, 0.29) is 23.6 Å². The lowest BCUT2D eigenvalue weighted by Gasteiger charge is -2.16. The van der Waals surface area contributed by atoms with E-state index in [1.807, 2.05) is 87.5 Å². The number of ether oxygens (including phenoxy) is 1. The maximum Gasteiger partial charge on any atom is 0.282 e. The minimum Gasteiger partial charge on any atom is -0.491 e. The van der Waals surface area contributed by atoms with E-state index in [1.165, 1.54) is 10.5 Å². The van der Waals surface area contributed by atoms with Crippen LogP contribution in [0.2, 0.25) is 0 Å². The summed E-state index contributed by atoms with van der Waals surface area (Å²) in [5.41, 5.74) is 4.76. The monoisotopic (exact) mass is 440 g/mol. The summed E-state index contributed by atoms with van der Waals surface area (Å²) in [6.07, 6.45) is 0.974. The van der Waals surface area contributed by atoms with Gasteiger partial charge in [-0.05, 0) is 80.3 Å². The van der Waals surface area contributed by atoms with Gasteiger partial charge in [-0.1, -0.05) is 43.3 Å². The molecule has 168 valence electrons. The third kappa shape index (κ3) is 4.67. The molecule has 0 unspecified atom stereocenters. The molecule has 2 amide bonds. The summed E-state index contributed by atoms with van der Waals surface area (Å²) in [6.45, 7) is 7.95. The lowest BCUT2D eigenvalue weighted by molar-refractivity contribution is -0.120. The molecule has 0 fully saturated rings. The maximum atomic E-state index is 13.6. The summed E-state index contributed by atoms with van der Waals surface area (Å²) in [4.78, 5) is 28.3. The first-order chi connectivity index (χ1) is 15.9. The van der Waals surface area contributed by atoms with Crippen LogP contribution < -0.4 is 15.0 Å². The van der Waals surface area contributed by atoms with Crippen LogP contribution >= 0.6 is 0 Å². The van der Waals surface area contributed by atoms with E-state index >= 15 is 0 Å². The number of nitrogens with zero attached hydrogens (tertiary/aromatic N) is 1. The third-order valence-corrected chi connectivity index (χ3v) is 5.49. The molecule has 1 heterocycles. The molecule has 0 aliphatic carbocycles. The number of hydrogen-bond donors (Lipinski definition) is 1. The van der Waals surface area contributed by atoms with Crippen LogP contribution in [0.3, 0.4) is 0 Å². The van der Waals surface area contributed by atoms with E-state index in [2.05, 4.69) is 12.2 Å². The molecule has 33 heavy (non-hydrogen) atoms. The Morgan fingerprint density at radius 2 is 1.61 bits per heavy atom. The van der Waals surface area contributed by atoms with Crippen LogP contribution in [0.4, 0.5) is 11.4 Å². The van der Waals surface area contributed by atoms with Crippen molar-refractivity contribution >= 4 is 28.8 Å². The standard InChI is InChI=1S/C28H28N2O3/c1-5-20-9-13-22(14-10-20)29-26-25(21-11-15-24(16-12-21)33-18(2)3)27(31)30(28(26)32)23-8-6-7-19(4)17-23/h6-18,29H,5H2,1-4H3. The number of rotatable bonds is 7. The zero-order valence-corrected chi connectivity index (χ0v) is 19.4. The minimum atomic E-state index is -0.373. The molecule has 4 rings (SSSR count). The lowest BCUT2D eigenvalue weighted by atomic mass is 10.0. The van der Waals surface area contributed by atoms with Crippen molar-refractivity contribution in [1.82, 2.24) is 0 Å². The Labute approximate surface area is 194 Å². The SMILES string of the molecule is CCc1ccc(NC2=C(c3ccc(OC(C)C)cc3)C(=O)N(c3cccc(C)c3)C2=O)cc1. The summed E-state index contributed by atoms with van der Waals surface area (Å²) in [5.74, 6) is -0.00944. The molecule has 0 saturated carbocycles. The number of nitrogens with one attached hydrogen (secondary N) is 1. The fraction of sp³-hybridized carbons (Fsp3) is 0.214. The Kier molecular flexibility index (Phi) is 6.31. The van der Waals surface area contributed by atoms with Gasteiger partial charge >= 0.3 is 0 Å². The van der Waals surface area contributed by atoms with E-state index in [1.54, 1.807) is 6.07 Å². The molecule has 0 spiro atoms. The summed E-state index contributed by atoms with van der Waals surface area (Å²) in [7, 11) is 0. The topological polar surface area (TPSA) is 58.6 Å². The number of benzene rings is 3. The zero-order chi connectivity index (χ0) is 23.5. The van der Waals surface area contributed by atoms with Crippen LogP contribution in [0, 0.1) is 6.92 Å². The van der Waals surface area contributed by atoms with Crippen LogP contribution in [-0.2, 0) is 16.0 Å². The molecule has 0 bridgehead atoms. The van der Waals surface area contributed by atoms with E-state index in [0.717, 1.165) is 17.7 Å². The normalized spacial score (nSPS) is 13.8. The molecule has 3 aromatic carbocycles. The molecular formula is C28H28N2O3. The van der Waals surface area contributed by atoms with Crippen molar-refractivity contribution in [2.24, 2.45) is 0 Å². The van der Waals surface area contributed by atoms with E-state index < -0.39 is 0 Å². The Morgan fingerprint density at radius 3 is 2.21 bits per heavy atom. The van der Waals surface area contributed by atoms with Gasteiger partial charge in [0.1, 0.15) is 11.4 Å². The quantitative estimate of drug-likeness (QED) is 0.476.